The van der Waals surface area contributed by atoms with E-state index in [1.807, 2.05) is 43.4 Å². The van der Waals surface area contributed by atoms with Gasteiger partial charge in [-0.25, -0.2) is 9.97 Å². The smallest absolute Gasteiger partial charge is 0.161 e. The van der Waals surface area contributed by atoms with Crippen molar-refractivity contribution in [1.29, 1.82) is 0 Å². The van der Waals surface area contributed by atoms with Gasteiger partial charge in [-0.05, 0) is 29.8 Å². The van der Waals surface area contributed by atoms with Crippen molar-refractivity contribution in [2.24, 2.45) is 0 Å². The molecule has 0 radical (unpaired) electrons. The van der Waals surface area contributed by atoms with E-state index in [1.54, 1.807) is 24.8 Å². The lowest BCUT2D eigenvalue weighted by molar-refractivity contribution is 0.0960. The van der Waals surface area contributed by atoms with Gasteiger partial charge in [-0.15, -0.1) is 11.3 Å². The van der Waals surface area contributed by atoms with Crippen molar-refractivity contribution < 1.29 is 14.2 Å². The molecule has 3 heterocycles. The van der Waals surface area contributed by atoms with Crippen molar-refractivity contribution in [3.05, 3.63) is 60.2 Å². The van der Waals surface area contributed by atoms with Crippen LogP contribution in [0.3, 0.4) is 0 Å². The first-order chi connectivity index (χ1) is 14.7. The van der Waals surface area contributed by atoms with E-state index in [1.165, 1.54) is 0 Å². The minimum Gasteiger partial charge on any atom is -0.497 e. The van der Waals surface area contributed by atoms with Crippen LogP contribution in [0.2, 0.25) is 0 Å². The molecule has 4 aromatic rings. The first kappa shape index (κ1) is 18.7. The average Bonchev–Trinajstić information content (AvgIpc) is 3.23. The molecule has 1 atom stereocenters. The van der Waals surface area contributed by atoms with Crippen LogP contribution in [-0.4, -0.2) is 43.4 Å². The monoisotopic (exact) mass is 419 g/mol. The number of hydrogen-bond acceptors (Lipinski definition) is 7. The van der Waals surface area contributed by atoms with Crippen LogP contribution < -0.4 is 19.1 Å². The Morgan fingerprint density at radius 3 is 2.70 bits per heavy atom. The molecule has 0 saturated heterocycles. The fourth-order valence-corrected chi connectivity index (χ4v) is 4.59. The van der Waals surface area contributed by atoms with Gasteiger partial charge in [-0.2, -0.15) is 0 Å². The Hall–Kier alpha value is -3.32. The van der Waals surface area contributed by atoms with Crippen molar-refractivity contribution in [3.8, 4) is 28.4 Å². The standard InChI is InChI=1S/C23H21N3O3S/c1-26(11-17-12-28-19-5-3-4-6-20(19)29-17)22-21-18(13-30-23(21)25-14-24-22)15-7-9-16(27-2)10-8-15/h3-10,13-14,17H,11-12H2,1-2H3/t17-/m0/s1. The summed E-state index contributed by atoms with van der Waals surface area (Å²) in [4.78, 5) is 12.2. The summed E-state index contributed by atoms with van der Waals surface area (Å²) in [6.45, 7) is 1.16. The third-order valence-corrected chi connectivity index (χ3v) is 6.04. The zero-order valence-electron chi connectivity index (χ0n) is 16.7. The largest absolute Gasteiger partial charge is 0.497 e. The summed E-state index contributed by atoms with van der Waals surface area (Å²) in [7, 11) is 3.70. The van der Waals surface area contributed by atoms with Crippen molar-refractivity contribution in [2.75, 3.05) is 32.2 Å². The van der Waals surface area contributed by atoms with Crippen molar-refractivity contribution in [2.45, 2.75) is 6.10 Å². The Kier molecular flexibility index (Phi) is 4.88. The van der Waals surface area contributed by atoms with Crippen molar-refractivity contribution in [1.82, 2.24) is 9.97 Å². The molecule has 0 spiro atoms. The molecule has 30 heavy (non-hydrogen) atoms. The summed E-state index contributed by atoms with van der Waals surface area (Å²) in [6, 6.07) is 15.8. The molecule has 0 bridgehead atoms. The molecule has 0 fully saturated rings. The van der Waals surface area contributed by atoms with E-state index in [-0.39, 0.29) is 6.10 Å². The topological polar surface area (TPSA) is 56.7 Å². The molecule has 1 aliphatic rings. The molecule has 2 aromatic carbocycles. The average molecular weight is 420 g/mol. The van der Waals surface area contributed by atoms with E-state index in [4.69, 9.17) is 14.2 Å². The Morgan fingerprint density at radius 1 is 1.10 bits per heavy atom. The van der Waals surface area contributed by atoms with E-state index < -0.39 is 0 Å². The van der Waals surface area contributed by atoms with Gasteiger partial charge in [0.05, 0.1) is 19.0 Å². The lowest BCUT2D eigenvalue weighted by Gasteiger charge is -2.30. The van der Waals surface area contributed by atoms with Crippen LogP contribution in [0.25, 0.3) is 21.3 Å². The molecule has 0 amide bonds. The molecule has 5 rings (SSSR count). The summed E-state index contributed by atoms with van der Waals surface area (Å²) in [5.41, 5.74) is 2.23. The van der Waals surface area contributed by atoms with Gasteiger partial charge in [0.1, 0.15) is 29.3 Å². The van der Waals surface area contributed by atoms with Crippen LogP contribution >= 0.6 is 11.3 Å². The minimum absolute atomic E-state index is 0.0852. The number of para-hydroxylation sites is 2. The van der Waals surface area contributed by atoms with E-state index in [0.29, 0.717) is 13.2 Å². The van der Waals surface area contributed by atoms with Crippen LogP contribution in [0.1, 0.15) is 0 Å². The predicted octanol–water partition coefficient (Wildman–Crippen LogP) is 4.64. The Labute approximate surface area is 178 Å². The van der Waals surface area contributed by atoms with Crippen LogP contribution in [0, 0.1) is 0 Å². The first-order valence-electron chi connectivity index (χ1n) is 9.69. The molecule has 0 N–H and O–H groups in total. The second-order valence-electron chi connectivity index (χ2n) is 7.13. The van der Waals surface area contributed by atoms with Crippen molar-refractivity contribution in [3.63, 3.8) is 0 Å². The highest BCUT2D eigenvalue weighted by molar-refractivity contribution is 7.17. The normalized spacial score (nSPS) is 15.2. The summed E-state index contributed by atoms with van der Waals surface area (Å²) in [6.07, 6.45) is 1.54. The zero-order valence-corrected chi connectivity index (χ0v) is 17.6. The summed E-state index contributed by atoms with van der Waals surface area (Å²) in [5.74, 6) is 3.29. The molecule has 0 saturated carbocycles. The molecule has 7 heteroatoms. The number of benzene rings is 2. The second-order valence-corrected chi connectivity index (χ2v) is 7.99. The second kappa shape index (κ2) is 7.84. The van der Waals surface area contributed by atoms with Gasteiger partial charge in [-0.3, -0.25) is 0 Å². The Bertz CT molecular complexity index is 1180. The van der Waals surface area contributed by atoms with Gasteiger partial charge in [0.25, 0.3) is 0 Å². The lowest BCUT2D eigenvalue weighted by atomic mass is 10.1. The van der Waals surface area contributed by atoms with Crippen LogP contribution in [-0.2, 0) is 0 Å². The summed E-state index contributed by atoms with van der Waals surface area (Å²) >= 11 is 1.62. The number of rotatable bonds is 5. The highest BCUT2D eigenvalue weighted by Gasteiger charge is 2.24. The van der Waals surface area contributed by atoms with Gasteiger partial charge in [0.15, 0.2) is 17.6 Å². The maximum Gasteiger partial charge on any atom is 0.161 e. The molecular weight excluding hydrogens is 398 g/mol. The van der Waals surface area contributed by atoms with E-state index >= 15 is 0 Å². The molecule has 6 nitrogen and oxygen atoms in total. The number of hydrogen-bond donors (Lipinski definition) is 0. The fourth-order valence-electron chi connectivity index (χ4n) is 3.68. The highest BCUT2D eigenvalue weighted by atomic mass is 32.1. The molecule has 0 unspecified atom stereocenters. The maximum atomic E-state index is 6.14. The SMILES string of the molecule is COc1ccc(-c2csc3ncnc(N(C)C[C@H]4COc5ccccc5O4)c23)cc1. The maximum absolute atomic E-state index is 6.14. The molecular formula is C23H21N3O3S. The number of thiophene rings is 1. The van der Waals surface area contributed by atoms with Crippen LogP contribution in [0.5, 0.6) is 17.2 Å². The highest BCUT2D eigenvalue weighted by Crippen LogP contribution is 2.38. The number of fused-ring (bicyclic) bond motifs is 2. The third-order valence-electron chi connectivity index (χ3n) is 5.16. The lowest BCUT2D eigenvalue weighted by Crippen LogP contribution is -2.39. The fraction of sp³-hybridized carbons (Fsp3) is 0.217. The zero-order chi connectivity index (χ0) is 20.5. The molecule has 2 aromatic heterocycles. The summed E-state index contributed by atoms with van der Waals surface area (Å²) < 4.78 is 17.3. The third kappa shape index (κ3) is 3.41. The summed E-state index contributed by atoms with van der Waals surface area (Å²) in [5, 5.41) is 3.18. The van der Waals surface area contributed by atoms with Crippen LogP contribution in [0.15, 0.2) is 60.2 Å². The molecule has 1 aliphatic heterocycles. The van der Waals surface area contributed by atoms with E-state index in [2.05, 4.69) is 32.4 Å². The number of likely N-dealkylation sites (N-methyl/N-ethyl adjacent to an activating group) is 1. The van der Waals surface area contributed by atoms with Crippen LogP contribution in [0.4, 0.5) is 5.82 Å². The number of anilines is 1. The predicted molar refractivity (Wildman–Crippen MR) is 119 cm³/mol. The number of methoxy groups -OCH3 is 1. The van der Waals surface area contributed by atoms with Gasteiger partial charge in [-0.1, -0.05) is 24.3 Å². The number of nitrogens with zero attached hydrogens (tertiary/aromatic N) is 3. The quantitative estimate of drug-likeness (QED) is 0.470. The Balaban J connectivity index is 1.44. The number of aromatic nitrogens is 2. The number of ether oxygens (including phenoxy) is 3. The van der Waals surface area contributed by atoms with E-state index in [9.17, 15) is 0 Å². The van der Waals surface area contributed by atoms with E-state index in [0.717, 1.165) is 44.4 Å². The van der Waals surface area contributed by atoms with Gasteiger partial charge in [0.2, 0.25) is 0 Å². The Morgan fingerprint density at radius 2 is 1.90 bits per heavy atom. The van der Waals surface area contributed by atoms with Crippen molar-refractivity contribution >= 4 is 27.4 Å². The van der Waals surface area contributed by atoms with Gasteiger partial charge >= 0.3 is 0 Å². The minimum atomic E-state index is -0.0852. The molecule has 0 aliphatic carbocycles. The van der Waals surface area contributed by atoms with Gasteiger partial charge in [0, 0.05) is 18.0 Å². The molecule has 152 valence electrons. The van der Waals surface area contributed by atoms with Gasteiger partial charge < -0.3 is 19.1 Å². The first-order valence-corrected chi connectivity index (χ1v) is 10.6.